The molecule has 0 aliphatic carbocycles. The molecule has 0 aliphatic rings. The summed E-state index contributed by atoms with van der Waals surface area (Å²) in [5, 5.41) is 18.9. The molecule has 0 aliphatic heterocycles. The van der Waals surface area contributed by atoms with Crippen molar-refractivity contribution in [1.82, 2.24) is 0 Å². The molecule has 0 spiro atoms. The van der Waals surface area contributed by atoms with Gasteiger partial charge in [0.1, 0.15) is 0 Å². The minimum Gasteiger partial charge on any atom is -0.391 e. The predicted octanol–water partition coefficient (Wildman–Crippen LogP) is 7.18. The maximum Gasteiger partial charge on any atom is 0.0773 e. The summed E-state index contributed by atoms with van der Waals surface area (Å²) in [6.07, 6.45) is 24.9. The van der Waals surface area contributed by atoms with Gasteiger partial charge in [-0.15, -0.1) is 0 Å². The van der Waals surface area contributed by atoms with Gasteiger partial charge >= 0.3 is 0 Å². The largest absolute Gasteiger partial charge is 0.391 e. The van der Waals surface area contributed by atoms with Crippen LogP contribution in [-0.2, 0) is 4.74 Å². The van der Waals surface area contributed by atoms with Crippen LogP contribution in [-0.4, -0.2) is 35.6 Å². The molecule has 3 nitrogen and oxygen atoms in total. The maximum atomic E-state index is 9.79. The molecule has 2 atom stereocenters. The third-order valence-corrected chi connectivity index (χ3v) is 5.56. The molecular formula is C25H52O3. The van der Waals surface area contributed by atoms with Crippen molar-refractivity contribution in [1.29, 1.82) is 0 Å². The second kappa shape index (κ2) is 23.2. The lowest BCUT2D eigenvalue weighted by Crippen LogP contribution is -2.19. The minimum atomic E-state index is -0.447. The zero-order valence-corrected chi connectivity index (χ0v) is 19.3. The average Bonchev–Trinajstić information content (AvgIpc) is 2.66. The fraction of sp³-hybridized carbons (Fsp3) is 1.00. The summed E-state index contributed by atoms with van der Waals surface area (Å²) < 4.78 is 5.24. The highest BCUT2D eigenvalue weighted by Gasteiger charge is 2.05. The molecule has 0 aromatic carbocycles. The highest BCUT2D eigenvalue weighted by atomic mass is 16.5. The SMILES string of the molecule is CCCCCCCCCCCCCCCCCCCCC(O)COCC(C)O. The van der Waals surface area contributed by atoms with E-state index in [4.69, 9.17) is 9.84 Å². The van der Waals surface area contributed by atoms with E-state index in [1.54, 1.807) is 6.92 Å². The van der Waals surface area contributed by atoms with Crippen molar-refractivity contribution in [2.45, 2.75) is 148 Å². The number of rotatable bonds is 23. The predicted molar refractivity (Wildman–Crippen MR) is 122 cm³/mol. The Labute approximate surface area is 176 Å². The second-order valence-corrected chi connectivity index (χ2v) is 8.84. The first-order valence-corrected chi connectivity index (χ1v) is 12.6. The van der Waals surface area contributed by atoms with Crippen LogP contribution in [0.15, 0.2) is 0 Å². The van der Waals surface area contributed by atoms with Crippen molar-refractivity contribution in [3.8, 4) is 0 Å². The number of hydrogen-bond acceptors (Lipinski definition) is 3. The lowest BCUT2D eigenvalue weighted by atomic mass is 10.0. The van der Waals surface area contributed by atoms with Crippen LogP contribution < -0.4 is 0 Å². The summed E-state index contributed by atoms with van der Waals surface area (Å²) >= 11 is 0. The van der Waals surface area contributed by atoms with E-state index in [2.05, 4.69) is 6.92 Å². The number of aliphatic hydroxyl groups excluding tert-OH is 2. The molecule has 0 rings (SSSR count). The fourth-order valence-electron chi connectivity index (χ4n) is 3.74. The van der Waals surface area contributed by atoms with Gasteiger partial charge < -0.3 is 14.9 Å². The lowest BCUT2D eigenvalue weighted by Gasteiger charge is -2.12. The number of aliphatic hydroxyl groups is 2. The van der Waals surface area contributed by atoms with E-state index in [9.17, 15) is 5.11 Å². The topological polar surface area (TPSA) is 49.7 Å². The van der Waals surface area contributed by atoms with Crippen molar-refractivity contribution in [3.05, 3.63) is 0 Å². The monoisotopic (exact) mass is 400 g/mol. The molecule has 0 saturated carbocycles. The van der Waals surface area contributed by atoms with Gasteiger partial charge in [0, 0.05) is 0 Å². The molecule has 28 heavy (non-hydrogen) atoms. The van der Waals surface area contributed by atoms with Crippen molar-refractivity contribution < 1.29 is 14.9 Å². The van der Waals surface area contributed by atoms with Gasteiger partial charge in [-0.2, -0.15) is 0 Å². The van der Waals surface area contributed by atoms with E-state index in [1.807, 2.05) is 0 Å². The van der Waals surface area contributed by atoms with E-state index in [0.29, 0.717) is 13.2 Å². The van der Waals surface area contributed by atoms with Crippen LogP contribution in [0.3, 0.4) is 0 Å². The van der Waals surface area contributed by atoms with E-state index >= 15 is 0 Å². The van der Waals surface area contributed by atoms with Gasteiger partial charge in [0.2, 0.25) is 0 Å². The Hall–Kier alpha value is -0.120. The summed E-state index contributed by atoms with van der Waals surface area (Å²) in [7, 11) is 0. The minimum absolute atomic E-state index is 0.316. The summed E-state index contributed by atoms with van der Waals surface area (Å²) in [5.74, 6) is 0. The normalized spacial score (nSPS) is 13.7. The van der Waals surface area contributed by atoms with Gasteiger partial charge in [0.25, 0.3) is 0 Å². The summed E-state index contributed by atoms with van der Waals surface area (Å²) in [4.78, 5) is 0. The first-order valence-electron chi connectivity index (χ1n) is 12.6. The highest BCUT2D eigenvalue weighted by Crippen LogP contribution is 2.14. The molecular weight excluding hydrogens is 348 g/mol. The number of hydrogen-bond donors (Lipinski definition) is 2. The smallest absolute Gasteiger partial charge is 0.0773 e. The molecule has 3 heteroatoms. The van der Waals surface area contributed by atoms with Gasteiger partial charge in [-0.25, -0.2) is 0 Å². The van der Waals surface area contributed by atoms with Gasteiger partial charge in [-0.05, 0) is 13.3 Å². The molecule has 0 bridgehead atoms. The van der Waals surface area contributed by atoms with Crippen LogP contribution in [0.4, 0.5) is 0 Å². The van der Waals surface area contributed by atoms with E-state index in [-0.39, 0.29) is 6.10 Å². The van der Waals surface area contributed by atoms with Crippen molar-refractivity contribution >= 4 is 0 Å². The van der Waals surface area contributed by atoms with Crippen LogP contribution >= 0.6 is 0 Å². The van der Waals surface area contributed by atoms with Gasteiger partial charge in [-0.1, -0.05) is 122 Å². The fourth-order valence-corrected chi connectivity index (χ4v) is 3.74. The first-order chi connectivity index (χ1) is 13.7. The van der Waals surface area contributed by atoms with Crippen molar-refractivity contribution in [2.75, 3.05) is 13.2 Å². The Morgan fingerprint density at radius 2 is 0.893 bits per heavy atom. The zero-order chi connectivity index (χ0) is 20.7. The maximum absolute atomic E-state index is 9.79. The van der Waals surface area contributed by atoms with Gasteiger partial charge in [-0.3, -0.25) is 0 Å². The molecule has 170 valence electrons. The third kappa shape index (κ3) is 23.9. The molecule has 0 heterocycles. The van der Waals surface area contributed by atoms with Crippen LogP contribution in [0.5, 0.6) is 0 Å². The Morgan fingerprint density at radius 1 is 0.536 bits per heavy atom. The quantitative estimate of drug-likeness (QED) is 0.179. The molecule has 0 fully saturated rings. The first kappa shape index (κ1) is 27.9. The van der Waals surface area contributed by atoms with Gasteiger partial charge in [0.05, 0.1) is 25.4 Å². The van der Waals surface area contributed by atoms with Crippen molar-refractivity contribution in [3.63, 3.8) is 0 Å². The molecule has 0 amide bonds. The molecule has 0 saturated heterocycles. The van der Waals surface area contributed by atoms with E-state index in [1.165, 1.54) is 109 Å². The standard InChI is InChI=1S/C25H52O3/c1-3-4-5-6-7-8-9-10-11-12-13-14-15-16-17-18-19-20-21-25(27)23-28-22-24(2)26/h24-27H,3-23H2,1-2H3. The van der Waals surface area contributed by atoms with Crippen LogP contribution in [0.25, 0.3) is 0 Å². The highest BCUT2D eigenvalue weighted by molar-refractivity contribution is 4.56. The van der Waals surface area contributed by atoms with Gasteiger partial charge in [0.15, 0.2) is 0 Å². The molecule has 2 N–H and O–H groups in total. The Bertz CT molecular complexity index is 281. The second-order valence-electron chi connectivity index (χ2n) is 8.84. The molecule has 0 aromatic heterocycles. The van der Waals surface area contributed by atoms with E-state index in [0.717, 1.165) is 12.8 Å². The zero-order valence-electron chi connectivity index (χ0n) is 19.3. The van der Waals surface area contributed by atoms with E-state index < -0.39 is 6.10 Å². The number of ether oxygens (including phenoxy) is 1. The van der Waals surface area contributed by atoms with Crippen LogP contribution in [0.1, 0.15) is 136 Å². The van der Waals surface area contributed by atoms with Crippen LogP contribution in [0, 0.1) is 0 Å². The average molecular weight is 401 g/mol. The third-order valence-electron chi connectivity index (χ3n) is 5.56. The number of unbranched alkanes of at least 4 members (excludes halogenated alkanes) is 17. The Kier molecular flexibility index (Phi) is 23.1. The lowest BCUT2D eigenvalue weighted by molar-refractivity contribution is -0.00504. The summed E-state index contributed by atoms with van der Waals surface area (Å²) in [6.45, 7) is 4.65. The summed E-state index contributed by atoms with van der Waals surface area (Å²) in [6, 6.07) is 0. The summed E-state index contributed by atoms with van der Waals surface area (Å²) in [5.41, 5.74) is 0. The molecule has 0 radical (unpaired) electrons. The Morgan fingerprint density at radius 3 is 1.25 bits per heavy atom. The van der Waals surface area contributed by atoms with Crippen LogP contribution in [0.2, 0.25) is 0 Å². The van der Waals surface area contributed by atoms with Crippen molar-refractivity contribution in [2.24, 2.45) is 0 Å². The molecule has 2 unspecified atom stereocenters. The molecule has 0 aromatic rings. The Balaban J connectivity index is 3.08.